The van der Waals surface area contributed by atoms with Crippen molar-refractivity contribution < 1.29 is 14.6 Å². The van der Waals surface area contributed by atoms with Crippen molar-refractivity contribution in [2.24, 2.45) is 4.99 Å². The van der Waals surface area contributed by atoms with Gasteiger partial charge in [-0.1, -0.05) is 28.1 Å². The second kappa shape index (κ2) is 5.31. The fraction of sp³-hybridized carbons (Fsp3) is 0.333. The Morgan fingerprint density at radius 2 is 2.41 bits per heavy atom. The number of aliphatic carboxylic acids is 1. The lowest BCUT2D eigenvalue weighted by Crippen LogP contribution is -2.12. The van der Waals surface area contributed by atoms with Gasteiger partial charge in [-0.2, -0.15) is 0 Å². The number of ether oxygens (including phenoxy) is 1. The lowest BCUT2D eigenvalue weighted by molar-refractivity contribution is -0.137. The molecule has 17 heavy (non-hydrogen) atoms. The molecule has 1 aromatic carbocycles. The molecule has 0 aliphatic carbocycles. The third-order valence-corrected chi connectivity index (χ3v) is 2.92. The Morgan fingerprint density at radius 3 is 3.12 bits per heavy atom. The zero-order valence-corrected chi connectivity index (χ0v) is 10.7. The maximum Gasteiger partial charge on any atom is 0.305 e. The summed E-state index contributed by atoms with van der Waals surface area (Å²) in [4.78, 5) is 14.8. The van der Waals surface area contributed by atoms with Crippen LogP contribution in [-0.2, 0) is 16.0 Å². The molecule has 1 unspecified atom stereocenters. The molecule has 1 N–H and O–H groups in total. The van der Waals surface area contributed by atoms with E-state index in [1.165, 1.54) is 0 Å². The van der Waals surface area contributed by atoms with Crippen LogP contribution in [0.4, 0.5) is 0 Å². The Morgan fingerprint density at radius 1 is 1.59 bits per heavy atom. The Hall–Kier alpha value is -1.36. The Labute approximate surface area is 107 Å². The average molecular weight is 298 g/mol. The van der Waals surface area contributed by atoms with Crippen LogP contribution in [0.3, 0.4) is 0 Å². The van der Waals surface area contributed by atoms with Gasteiger partial charge in [-0.3, -0.25) is 4.79 Å². The van der Waals surface area contributed by atoms with Crippen LogP contribution in [0.15, 0.2) is 33.7 Å². The van der Waals surface area contributed by atoms with Gasteiger partial charge in [-0.15, -0.1) is 0 Å². The molecule has 0 bridgehead atoms. The highest BCUT2D eigenvalue weighted by Crippen LogP contribution is 2.15. The summed E-state index contributed by atoms with van der Waals surface area (Å²) in [6.45, 7) is 0.371. The predicted octanol–water partition coefficient (Wildman–Crippen LogP) is 2.26. The summed E-state index contributed by atoms with van der Waals surface area (Å²) < 4.78 is 6.39. The lowest BCUT2D eigenvalue weighted by atomic mass is 10.1. The Bertz CT molecular complexity index is 459. The summed E-state index contributed by atoms with van der Waals surface area (Å²) in [5.74, 6) is -0.222. The molecular weight excluding hydrogens is 286 g/mol. The number of carboxylic acid groups (broad SMARTS) is 1. The summed E-state index contributed by atoms with van der Waals surface area (Å²) in [5, 5.41) is 8.66. The molecular formula is C12H12BrNO3. The predicted molar refractivity (Wildman–Crippen MR) is 67.3 cm³/mol. The summed E-state index contributed by atoms with van der Waals surface area (Å²) in [5.41, 5.74) is 1.09. The van der Waals surface area contributed by atoms with Gasteiger partial charge in [0.15, 0.2) is 5.90 Å². The second-order valence-corrected chi connectivity index (χ2v) is 4.81. The van der Waals surface area contributed by atoms with Crippen molar-refractivity contribution >= 4 is 27.8 Å². The number of halogens is 1. The van der Waals surface area contributed by atoms with E-state index in [0.29, 0.717) is 18.9 Å². The van der Waals surface area contributed by atoms with Crippen molar-refractivity contribution in [1.29, 1.82) is 0 Å². The van der Waals surface area contributed by atoms with E-state index < -0.39 is 5.97 Å². The lowest BCUT2D eigenvalue weighted by Gasteiger charge is -2.01. The molecule has 0 aromatic heterocycles. The van der Waals surface area contributed by atoms with Crippen LogP contribution >= 0.6 is 15.9 Å². The summed E-state index contributed by atoms with van der Waals surface area (Å²) in [6.07, 6.45) is 0.636. The SMILES string of the molecule is O=C(O)CC1COC(Cc2cccc(Br)c2)=N1. The molecule has 0 amide bonds. The maximum absolute atomic E-state index is 10.5. The summed E-state index contributed by atoms with van der Waals surface area (Å²) >= 11 is 3.40. The number of benzene rings is 1. The topological polar surface area (TPSA) is 58.9 Å². The number of rotatable bonds is 4. The van der Waals surface area contributed by atoms with Gasteiger partial charge in [0.05, 0.1) is 12.5 Å². The fourth-order valence-electron chi connectivity index (χ4n) is 1.69. The number of hydrogen-bond donors (Lipinski definition) is 1. The van der Waals surface area contributed by atoms with Crippen molar-refractivity contribution in [1.82, 2.24) is 0 Å². The van der Waals surface area contributed by atoms with Crippen LogP contribution in [0, 0.1) is 0 Å². The van der Waals surface area contributed by atoms with E-state index >= 15 is 0 Å². The van der Waals surface area contributed by atoms with Crippen LogP contribution < -0.4 is 0 Å². The molecule has 1 aliphatic heterocycles. The van der Waals surface area contributed by atoms with Gasteiger partial charge in [-0.25, -0.2) is 4.99 Å². The fourth-order valence-corrected chi connectivity index (χ4v) is 2.14. The third-order valence-electron chi connectivity index (χ3n) is 2.42. The molecule has 2 rings (SSSR count). The molecule has 4 nitrogen and oxygen atoms in total. The van der Waals surface area contributed by atoms with Gasteiger partial charge < -0.3 is 9.84 Å². The number of hydrogen-bond acceptors (Lipinski definition) is 3. The van der Waals surface area contributed by atoms with Gasteiger partial charge >= 0.3 is 5.97 Å². The minimum atomic E-state index is -0.842. The first-order valence-electron chi connectivity index (χ1n) is 5.29. The van der Waals surface area contributed by atoms with Gasteiger partial charge in [0.2, 0.25) is 0 Å². The number of nitrogens with zero attached hydrogens (tertiary/aromatic N) is 1. The second-order valence-electron chi connectivity index (χ2n) is 3.89. The smallest absolute Gasteiger partial charge is 0.305 e. The maximum atomic E-state index is 10.5. The first-order chi connectivity index (χ1) is 8.13. The first-order valence-corrected chi connectivity index (χ1v) is 6.08. The largest absolute Gasteiger partial charge is 0.481 e. The van der Waals surface area contributed by atoms with Crippen molar-refractivity contribution in [2.45, 2.75) is 18.9 Å². The standard InChI is InChI=1S/C12H12BrNO3/c13-9-3-1-2-8(4-9)5-11-14-10(7-17-11)6-12(15)16/h1-4,10H,5-7H2,(H,15,16). The number of carbonyl (C=O) groups is 1. The highest BCUT2D eigenvalue weighted by atomic mass is 79.9. The minimum Gasteiger partial charge on any atom is -0.481 e. The van der Waals surface area contributed by atoms with E-state index in [9.17, 15) is 4.79 Å². The molecule has 5 heteroatoms. The van der Waals surface area contributed by atoms with Crippen LogP contribution in [0.2, 0.25) is 0 Å². The van der Waals surface area contributed by atoms with Gasteiger partial charge in [0.1, 0.15) is 6.61 Å². The van der Waals surface area contributed by atoms with Crippen LogP contribution in [-0.4, -0.2) is 29.6 Å². The van der Waals surface area contributed by atoms with Gasteiger partial charge in [0, 0.05) is 10.9 Å². The summed E-state index contributed by atoms with van der Waals surface area (Å²) in [6, 6.07) is 7.64. The van der Waals surface area contributed by atoms with Crippen molar-refractivity contribution in [3.8, 4) is 0 Å². The molecule has 1 atom stereocenters. The highest BCUT2D eigenvalue weighted by molar-refractivity contribution is 9.10. The molecule has 0 radical (unpaired) electrons. The summed E-state index contributed by atoms with van der Waals surface area (Å²) in [7, 11) is 0. The molecule has 0 saturated heterocycles. The molecule has 1 aromatic rings. The number of aliphatic imine (C=N–C) groups is 1. The van der Waals surface area contributed by atoms with Crippen LogP contribution in [0.5, 0.6) is 0 Å². The Balaban J connectivity index is 1.98. The van der Waals surface area contributed by atoms with E-state index in [-0.39, 0.29) is 12.5 Å². The third kappa shape index (κ3) is 3.56. The number of carboxylic acids is 1. The average Bonchev–Trinajstić information content (AvgIpc) is 2.64. The van der Waals surface area contributed by atoms with E-state index in [4.69, 9.17) is 9.84 Å². The highest BCUT2D eigenvalue weighted by Gasteiger charge is 2.21. The molecule has 1 aliphatic rings. The molecule has 0 spiro atoms. The molecule has 90 valence electrons. The van der Waals surface area contributed by atoms with Crippen LogP contribution in [0.1, 0.15) is 12.0 Å². The first kappa shape index (κ1) is 12.1. The van der Waals surface area contributed by atoms with Crippen molar-refractivity contribution in [3.63, 3.8) is 0 Å². The van der Waals surface area contributed by atoms with Gasteiger partial charge in [0.25, 0.3) is 0 Å². The van der Waals surface area contributed by atoms with E-state index in [1.54, 1.807) is 0 Å². The molecule has 0 saturated carbocycles. The zero-order chi connectivity index (χ0) is 12.3. The molecule has 1 heterocycles. The van der Waals surface area contributed by atoms with Crippen molar-refractivity contribution in [2.75, 3.05) is 6.61 Å². The van der Waals surface area contributed by atoms with E-state index in [2.05, 4.69) is 20.9 Å². The van der Waals surface area contributed by atoms with E-state index in [1.807, 2.05) is 24.3 Å². The monoisotopic (exact) mass is 297 g/mol. The van der Waals surface area contributed by atoms with Gasteiger partial charge in [-0.05, 0) is 17.7 Å². The Kier molecular flexibility index (Phi) is 3.78. The zero-order valence-electron chi connectivity index (χ0n) is 9.10. The van der Waals surface area contributed by atoms with Crippen LogP contribution in [0.25, 0.3) is 0 Å². The van der Waals surface area contributed by atoms with Crippen molar-refractivity contribution in [3.05, 3.63) is 34.3 Å². The minimum absolute atomic E-state index is 0.0297. The quantitative estimate of drug-likeness (QED) is 0.927. The normalized spacial score (nSPS) is 18.6. The van der Waals surface area contributed by atoms with E-state index in [0.717, 1.165) is 10.0 Å². The molecule has 0 fully saturated rings.